The van der Waals surface area contributed by atoms with Gasteiger partial charge in [-0.25, -0.2) is 4.79 Å². The molecule has 0 saturated carbocycles. The molecular formula is C13H11BrClNO2S. The predicted octanol–water partition coefficient (Wildman–Crippen LogP) is 5.04. The fraction of sp³-hybridized carbons (Fsp3) is 0.154. The number of halogens is 2. The number of rotatable bonds is 4. The molecule has 100 valence electrons. The van der Waals surface area contributed by atoms with E-state index < -0.39 is 5.97 Å². The summed E-state index contributed by atoms with van der Waals surface area (Å²) in [6, 6.07) is 8.80. The average molecular weight is 361 g/mol. The van der Waals surface area contributed by atoms with E-state index in [1.165, 1.54) is 11.3 Å². The van der Waals surface area contributed by atoms with Crippen LogP contribution in [0.1, 0.15) is 28.2 Å². The van der Waals surface area contributed by atoms with Crippen LogP contribution in [0.2, 0.25) is 4.34 Å². The molecule has 2 aromatic rings. The predicted molar refractivity (Wildman–Crippen MR) is 82.5 cm³/mol. The van der Waals surface area contributed by atoms with Crippen LogP contribution in [-0.2, 0) is 0 Å². The van der Waals surface area contributed by atoms with E-state index in [9.17, 15) is 9.90 Å². The van der Waals surface area contributed by atoms with Crippen LogP contribution in [0.3, 0.4) is 0 Å². The van der Waals surface area contributed by atoms with Gasteiger partial charge in [-0.15, -0.1) is 11.3 Å². The van der Waals surface area contributed by atoms with Crippen LogP contribution < -0.4 is 5.32 Å². The first-order valence-corrected chi connectivity index (χ1v) is 7.50. The number of carboxylic acids is 1. The number of carbonyl (C=O) groups is 1. The lowest BCUT2D eigenvalue weighted by molar-refractivity contribution is 0.0698. The second kappa shape index (κ2) is 5.94. The van der Waals surface area contributed by atoms with Crippen molar-refractivity contribution in [2.75, 3.05) is 5.32 Å². The van der Waals surface area contributed by atoms with E-state index in [0.717, 1.165) is 13.7 Å². The van der Waals surface area contributed by atoms with Gasteiger partial charge in [0.25, 0.3) is 0 Å². The molecule has 2 rings (SSSR count). The van der Waals surface area contributed by atoms with Crippen LogP contribution in [0.4, 0.5) is 5.69 Å². The Balaban J connectivity index is 2.27. The lowest BCUT2D eigenvalue weighted by Crippen LogP contribution is -2.09. The fourth-order valence-electron chi connectivity index (χ4n) is 1.69. The Kier molecular flexibility index (Phi) is 4.50. The molecule has 19 heavy (non-hydrogen) atoms. The van der Waals surface area contributed by atoms with Gasteiger partial charge in [0.2, 0.25) is 0 Å². The summed E-state index contributed by atoms with van der Waals surface area (Å²) in [5, 5.41) is 12.4. The summed E-state index contributed by atoms with van der Waals surface area (Å²) in [5.74, 6) is -0.952. The normalized spacial score (nSPS) is 12.2. The quantitative estimate of drug-likeness (QED) is 0.803. The van der Waals surface area contributed by atoms with E-state index in [-0.39, 0.29) is 11.6 Å². The van der Waals surface area contributed by atoms with Crippen molar-refractivity contribution >= 4 is 50.5 Å². The summed E-state index contributed by atoms with van der Waals surface area (Å²) in [4.78, 5) is 12.2. The number of hydrogen-bond donors (Lipinski definition) is 2. The summed E-state index contributed by atoms with van der Waals surface area (Å²) in [6.45, 7) is 1.97. The van der Waals surface area contributed by atoms with Crippen LogP contribution >= 0.6 is 38.9 Å². The highest BCUT2D eigenvalue weighted by molar-refractivity contribution is 9.10. The van der Waals surface area contributed by atoms with Crippen molar-refractivity contribution in [3.8, 4) is 0 Å². The minimum Gasteiger partial charge on any atom is -0.478 e. The van der Waals surface area contributed by atoms with Crippen molar-refractivity contribution in [3.05, 3.63) is 49.6 Å². The Labute approximate surface area is 128 Å². The molecule has 0 spiro atoms. The molecule has 0 fully saturated rings. The zero-order valence-corrected chi connectivity index (χ0v) is 13.1. The smallest absolute Gasteiger partial charge is 0.337 e. The molecule has 6 heteroatoms. The summed E-state index contributed by atoms with van der Waals surface area (Å²) in [5.41, 5.74) is 0.830. The summed E-state index contributed by atoms with van der Waals surface area (Å²) in [6.07, 6.45) is 0. The third-order valence-electron chi connectivity index (χ3n) is 2.60. The van der Waals surface area contributed by atoms with Gasteiger partial charge in [0.05, 0.1) is 21.6 Å². The Bertz CT molecular complexity index is 614. The number of aromatic carboxylic acids is 1. The van der Waals surface area contributed by atoms with Crippen molar-refractivity contribution in [3.63, 3.8) is 0 Å². The van der Waals surface area contributed by atoms with E-state index in [2.05, 4.69) is 21.2 Å². The highest BCUT2D eigenvalue weighted by atomic mass is 79.9. The zero-order valence-electron chi connectivity index (χ0n) is 9.98. The number of thiophene rings is 1. The minimum atomic E-state index is -0.952. The fourth-order valence-corrected chi connectivity index (χ4v) is 3.11. The molecule has 0 aliphatic rings. The number of benzene rings is 1. The first-order valence-electron chi connectivity index (χ1n) is 5.52. The van der Waals surface area contributed by atoms with Gasteiger partial charge in [0, 0.05) is 9.35 Å². The molecule has 1 aromatic carbocycles. The van der Waals surface area contributed by atoms with E-state index in [1.807, 2.05) is 19.1 Å². The van der Waals surface area contributed by atoms with Crippen LogP contribution in [-0.4, -0.2) is 11.1 Å². The molecular weight excluding hydrogens is 350 g/mol. The van der Waals surface area contributed by atoms with Crippen LogP contribution in [0.25, 0.3) is 0 Å². The average Bonchev–Trinajstić information content (AvgIpc) is 2.75. The Hall–Kier alpha value is -1.04. The van der Waals surface area contributed by atoms with Gasteiger partial charge in [0.1, 0.15) is 0 Å². The van der Waals surface area contributed by atoms with Crippen molar-refractivity contribution in [1.82, 2.24) is 0 Å². The topological polar surface area (TPSA) is 49.3 Å². The Morgan fingerprint density at radius 1 is 1.42 bits per heavy atom. The van der Waals surface area contributed by atoms with Crippen LogP contribution in [0, 0.1) is 0 Å². The summed E-state index contributed by atoms with van der Waals surface area (Å²) in [7, 11) is 0. The molecule has 1 unspecified atom stereocenters. The largest absolute Gasteiger partial charge is 0.478 e. The molecule has 0 aliphatic carbocycles. The molecule has 0 aliphatic heterocycles. The van der Waals surface area contributed by atoms with Gasteiger partial charge < -0.3 is 10.4 Å². The maximum absolute atomic E-state index is 11.2. The first kappa shape index (κ1) is 14.4. The lowest BCUT2D eigenvalue weighted by atomic mass is 10.1. The number of nitrogens with one attached hydrogen (secondary N) is 1. The van der Waals surface area contributed by atoms with Crippen molar-refractivity contribution in [1.29, 1.82) is 0 Å². The summed E-state index contributed by atoms with van der Waals surface area (Å²) >= 11 is 10.7. The monoisotopic (exact) mass is 359 g/mol. The second-order valence-electron chi connectivity index (χ2n) is 4.00. The maximum atomic E-state index is 11.2. The van der Waals surface area contributed by atoms with Crippen molar-refractivity contribution in [2.45, 2.75) is 13.0 Å². The minimum absolute atomic E-state index is 0.00935. The Morgan fingerprint density at radius 2 is 2.16 bits per heavy atom. The van der Waals surface area contributed by atoms with Crippen LogP contribution in [0.15, 0.2) is 34.8 Å². The van der Waals surface area contributed by atoms with Crippen LogP contribution in [0.5, 0.6) is 0 Å². The second-order valence-corrected chi connectivity index (χ2v) is 6.67. The highest BCUT2D eigenvalue weighted by Crippen LogP contribution is 2.31. The molecule has 3 nitrogen and oxygen atoms in total. The van der Waals surface area contributed by atoms with Crippen molar-refractivity contribution in [2.24, 2.45) is 0 Å². The molecule has 1 atom stereocenters. The van der Waals surface area contributed by atoms with E-state index in [4.69, 9.17) is 11.6 Å². The van der Waals surface area contributed by atoms with Gasteiger partial charge in [-0.3, -0.25) is 0 Å². The number of anilines is 1. The first-order chi connectivity index (χ1) is 8.97. The van der Waals surface area contributed by atoms with E-state index in [0.29, 0.717) is 5.69 Å². The van der Waals surface area contributed by atoms with Gasteiger partial charge in [-0.2, -0.15) is 0 Å². The Morgan fingerprint density at radius 3 is 2.74 bits per heavy atom. The van der Waals surface area contributed by atoms with Gasteiger partial charge in [0.15, 0.2) is 0 Å². The van der Waals surface area contributed by atoms with Gasteiger partial charge in [-0.1, -0.05) is 27.5 Å². The van der Waals surface area contributed by atoms with E-state index >= 15 is 0 Å². The van der Waals surface area contributed by atoms with Gasteiger partial charge in [-0.05, 0) is 37.3 Å². The standard InChI is InChI=1S/C13H11BrClNO2S/c1-7(11-4-5-12(15)19-11)16-10-6-8(14)2-3-9(10)13(17)18/h2-7,16H,1H3,(H,17,18). The molecule has 2 N–H and O–H groups in total. The third-order valence-corrected chi connectivity index (χ3v) is 4.51. The zero-order chi connectivity index (χ0) is 14.0. The third kappa shape index (κ3) is 3.49. The number of carboxylic acid groups (broad SMARTS) is 1. The molecule has 0 amide bonds. The highest BCUT2D eigenvalue weighted by Gasteiger charge is 2.14. The SMILES string of the molecule is CC(Nc1cc(Br)ccc1C(=O)O)c1ccc(Cl)s1. The molecule has 1 aromatic heterocycles. The maximum Gasteiger partial charge on any atom is 0.337 e. The lowest BCUT2D eigenvalue weighted by Gasteiger charge is -2.16. The van der Waals surface area contributed by atoms with Gasteiger partial charge >= 0.3 is 5.97 Å². The molecule has 0 saturated heterocycles. The number of hydrogen-bond acceptors (Lipinski definition) is 3. The molecule has 0 radical (unpaired) electrons. The molecule has 0 bridgehead atoms. The van der Waals surface area contributed by atoms with Crippen molar-refractivity contribution < 1.29 is 9.90 Å². The summed E-state index contributed by atoms with van der Waals surface area (Å²) < 4.78 is 1.55. The van der Waals surface area contributed by atoms with E-state index in [1.54, 1.807) is 18.2 Å². The molecule has 1 heterocycles.